The molecule has 0 aliphatic carbocycles. The molecule has 0 heterocycles. The summed E-state index contributed by atoms with van der Waals surface area (Å²) in [5, 5.41) is 0. The van der Waals surface area contributed by atoms with Gasteiger partial charge in [0.05, 0.1) is 7.47 Å². The van der Waals surface area contributed by atoms with E-state index in [9.17, 15) is 0 Å². The first-order chi connectivity index (χ1) is 4.63. The van der Waals surface area contributed by atoms with Crippen molar-refractivity contribution in [3.8, 4) is 0 Å². The van der Waals surface area contributed by atoms with Crippen LogP contribution in [0.15, 0.2) is 0 Å². The molecule has 0 rings (SSSR count). The smallest absolute Gasteiger partial charge is 0.0796 e. The Morgan fingerprint density at radius 2 is 1.10 bits per heavy atom. The van der Waals surface area contributed by atoms with E-state index in [-0.39, 0.29) is 0 Å². The van der Waals surface area contributed by atoms with Gasteiger partial charge in [0.25, 0.3) is 0 Å². The first-order valence-electron chi connectivity index (χ1n) is 2.43. The molecule has 0 amide bonds. The number of alkyl halides is 4. The maximum absolute atomic E-state index is 3.40. The van der Waals surface area contributed by atoms with Crippen molar-refractivity contribution in [3.63, 3.8) is 0 Å². The zero-order chi connectivity index (χ0) is 7.98. The first kappa shape index (κ1) is 12.6. The summed E-state index contributed by atoms with van der Waals surface area (Å²) in [6.45, 7) is 0. The largest absolute Gasteiger partial charge is 0.0920 e. The lowest BCUT2D eigenvalue weighted by molar-refractivity contribution is 1.51. The summed E-state index contributed by atoms with van der Waals surface area (Å²) >= 11 is 13.6. The van der Waals surface area contributed by atoms with Gasteiger partial charge in [0.2, 0.25) is 0 Å². The van der Waals surface area contributed by atoms with Crippen LogP contribution in [0, 0.1) is 0 Å². The van der Waals surface area contributed by atoms with Crippen LogP contribution in [-0.4, -0.2) is 19.0 Å². The fourth-order valence-corrected chi connectivity index (χ4v) is 5.68. The molecule has 0 aromatic heterocycles. The van der Waals surface area contributed by atoms with Gasteiger partial charge in [-0.3, -0.25) is 0 Å². The molecule has 0 nitrogen and oxygen atoms in total. The SMILES string of the molecule is BrC(Br)CSSCC(Br)Br. The van der Waals surface area contributed by atoms with Crippen LogP contribution >= 0.6 is 85.3 Å². The quantitative estimate of drug-likeness (QED) is 0.350. The molecule has 0 unspecified atom stereocenters. The Labute approximate surface area is 103 Å². The second-order valence-electron chi connectivity index (χ2n) is 1.35. The molecule has 0 aliphatic heterocycles. The zero-order valence-corrected chi connectivity index (χ0v) is 12.9. The molecule has 0 saturated heterocycles. The summed E-state index contributed by atoms with van der Waals surface area (Å²) in [5.74, 6) is 2.16. The molecule has 0 aromatic carbocycles. The minimum Gasteiger partial charge on any atom is -0.0920 e. The Bertz CT molecular complexity index is 67.7. The Hall–Kier alpha value is 2.62. The van der Waals surface area contributed by atoms with Gasteiger partial charge in [-0.1, -0.05) is 85.3 Å². The molecule has 62 valence electrons. The summed E-state index contributed by atoms with van der Waals surface area (Å²) in [6, 6.07) is 0. The molecule has 0 bridgehead atoms. The predicted molar refractivity (Wildman–Crippen MR) is 68.2 cm³/mol. The molecule has 0 N–H and O–H groups in total. The Balaban J connectivity index is 2.91. The first-order valence-corrected chi connectivity index (χ1v) is 8.58. The van der Waals surface area contributed by atoms with Crippen LogP contribution in [0.3, 0.4) is 0 Å². The number of rotatable bonds is 5. The van der Waals surface area contributed by atoms with Gasteiger partial charge >= 0.3 is 0 Å². The minimum atomic E-state index is 0.432. The third-order valence-electron chi connectivity index (χ3n) is 0.471. The van der Waals surface area contributed by atoms with Gasteiger partial charge in [0, 0.05) is 11.5 Å². The van der Waals surface area contributed by atoms with E-state index >= 15 is 0 Å². The highest BCUT2D eigenvalue weighted by atomic mass is 79.9. The monoisotopic (exact) mass is 434 g/mol. The van der Waals surface area contributed by atoms with Gasteiger partial charge in [0.15, 0.2) is 0 Å². The van der Waals surface area contributed by atoms with Gasteiger partial charge in [-0.15, -0.1) is 0 Å². The van der Waals surface area contributed by atoms with Gasteiger partial charge in [-0.2, -0.15) is 0 Å². The van der Waals surface area contributed by atoms with Crippen molar-refractivity contribution in [2.24, 2.45) is 0 Å². The van der Waals surface area contributed by atoms with E-state index in [1.807, 2.05) is 21.6 Å². The van der Waals surface area contributed by atoms with Crippen molar-refractivity contribution in [1.82, 2.24) is 0 Å². The van der Waals surface area contributed by atoms with Crippen LogP contribution in [0.4, 0.5) is 0 Å². The summed E-state index contributed by atoms with van der Waals surface area (Å²) in [6.07, 6.45) is 0. The maximum Gasteiger partial charge on any atom is 0.0796 e. The van der Waals surface area contributed by atoms with Crippen LogP contribution in [-0.2, 0) is 0 Å². The topological polar surface area (TPSA) is 0 Å². The molecule has 0 aromatic rings. The molecule has 0 atom stereocenters. The van der Waals surface area contributed by atoms with Crippen LogP contribution in [0.5, 0.6) is 0 Å². The number of hydrogen-bond donors (Lipinski definition) is 0. The Morgan fingerprint density at radius 3 is 1.30 bits per heavy atom. The summed E-state index contributed by atoms with van der Waals surface area (Å²) in [7, 11) is 3.71. The lowest BCUT2D eigenvalue weighted by Crippen LogP contribution is -1.89. The molecule has 0 fully saturated rings. The second kappa shape index (κ2) is 8.23. The van der Waals surface area contributed by atoms with Gasteiger partial charge in [-0.05, 0) is 0 Å². The van der Waals surface area contributed by atoms with Crippen molar-refractivity contribution in [2.75, 3.05) is 11.5 Å². The maximum atomic E-state index is 3.40. The molecule has 0 spiro atoms. The van der Waals surface area contributed by atoms with E-state index in [2.05, 4.69) is 63.7 Å². The zero-order valence-electron chi connectivity index (χ0n) is 4.90. The normalized spacial score (nSPS) is 11.4. The van der Waals surface area contributed by atoms with Crippen molar-refractivity contribution >= 4 is 85.3 Å². The molecule has 0 saturated carbocycles. The third-order valence-corrected chi connectivity index (χ3v) is 5.90. The molecular formula is C4H6Br4S2. The van der Waals surface area contributed by atoms with Crippen LogP contribution < -0.4 is 0 Å². The average molecular weight is 438 g/mol. The van der Waals surface area contributed by atoms with E-state index in [1.54, 1.807) is 0 Å². The van der Waals surface area contributed by atoms with Crippen molar-refractivity contribution in [1.29, 1.82) is 0 Å². The van der Waals surface area contributed by atoms with E-state index < -0.39 is 0 Å². The van der Waals surface area contributed by atoms with Crippen molar-refractivity contribution in [2.45, 2.75) is 7.47 Å². The minimum absolute atomic E-state index is 0.432. The van der Waals surface area contributed by atoms with E-state index in [0.29, 0.717) is 7.47 Å². The van der Waals surface area contributed by atoms with E-state index in [0.717, 1.165) is 11.5 Å². The van der Waals surface area contributed by atoms with Crippen molar-refractivity contribution in [3.05, 3.63) is 0 Å². The second-order valence-corrected chi connectivity index (χ2v) is 10.8. The Kier molecular flexibility index (Phi) is 10.4. The molecule has 0 radical (unpaired) electrons. The molecule has 0 aliphatic rings. The fraction of sp³-hybridized carbons (Fsp3) is 1.00. The number of halogens is 4. The van der Waals surface area contributed by atoms with Gasteiger partial charge < -0.3 is 0 Å². The summed E-state index contributed by atoms with van der Waals surface area (Å²) in [5.41, 5.74) is 0. The lowest BCUT2D eigenvalue weighted by atomic mass is 11.0. The van der Waals surface area contributed by atoms with Gasteiger partial charge in [-0.25, -0.2) is 0 Å². The van der Waals surface area contributed by atoms with E-state index in [4.69, 9.17) is 0 Å². The summed E-state index contributed by atoms with van der Waals surface area (Å²) in [4.78, 5) is 0. The molecular weight excluding hydrogens is 432 g/mol. The third kappa shape index (κ3) is 10.6. The lowest BCUT2D eigenvalue weighted by Gasteiger charge is -2.01. The highest BCUT2D eigenvalue weighted by Gasteiger charge is 2.00. The number of hydrogen-bond acceptors (Lipinski definition) is 2. The highest BCUT2D eigenvalue weighted by Crippen LogP contribution is 2.29. The fourth-order valence-electron chi connectivity index (χ4n) is 0.199. The van der Waals surface area contributed by atoms with Crippen molar-refractivity contribution < 1.29 is 0 Å². The highest BCUT2D eigenvalue weighted by molar-refractivity contribution is 9.25. The van der Waals surface area contributed by atoms with E-state index in [1.165, 1.54) is 0 Å². The van der Waals surface area contributed by atoms with Gasteiger partial charge in [0.1, 0.15) is 0 Å². The van der Waals surface area contributed by atoms with Crippen LogP contribution in [0.2, 0.25) is 0 Å². The summed E-state index contributed by atoms with van der Waals surface area (Å²) < 4.78 is 0.864. The van der Waals surface area contributed by atoms with Crippen LogP contribution in [0.1, 0.15) is 0 Å². The predicted octanol–water partition coefficient (Wildman–Crippen LogP) is 4.60. The standard InChI is InChI=1S/C4H6Br4S2/c5-3(6)1-9-10-2-4(7)8/h3-4H,1-2H2. The average Bonchev–Trinajstić information content (AvgIpc) is 1.79. The Morgan fingerprint density at radius 1 is 0.800 bits per heavy atom. The van der Waals surface area contributed by atoms with Crippen LogP contribution in [0.25, 0.3) is 0 Å². The molecule has 6 heteroatoms. The molecule has 10 heavy (non-hydrogen) atoms.